The predicted molar refractivity (Wildman–Crippen MR) is 75.5 cm³/mol. The van der Waals surface area contributed by atoms with Crippen LogP contribution in [0.5, 0.6) is 0 Å². The molecule has 1 aliphatic rings. The first-order chi connectivity index (χ1) is 10.2. The van der Waals surface area contributed by atoms with Crippen molar-refractivity contribution < 1.29 is 9.32 Å². The summed E-state index contributed by atoms with van der Waals surface area (Å²) in [4.78, 5) is 20.9. The van der Waals surface area contributed by atoms with Crippen molar-refractivity contribution in [2.24, 2.45) is 0 Å². The Bertz CT molecular complexity index is 618. The highest BCUT2D eigenvalue weighted by Crippen LogP contribution is 2.35. The lowest BCUT2D eigenvalue weighted by Crippen LogP contribution is -2.48. The Morgan fingerprint density at radius 1 is 1.29 bits per heavy atom. The van der Waals surface area contributed by atoms with Gasteiger partial charge in [-0.25, -0.2) is 0 Å². The van der Waals surface area contributed by atoms with Crippen LogP contribution >= 0.6 is 0 Å². The zero-order chi connectivity index (χ0) is 14.7. The third kappa shape index (κ3) is 2.79. The van der Waals surface area contributed by atoms with Gasteiger partial charge in [-0.15, -0.1) is 0 Å². The molecule has 0 aliphatic heterocycles. The summed E-state index contributed by atoms with van der Waals surface area (Å²) in [6.45, 7) is 1.76. The van der Waals surface area contributed by atoms with Crippen LogP contribution in [0.1, 0.15) is 54.3 Å². The van der Waals surface area contributed by atoms with Gasteiger partial charge in [0.1, 0.15) is 11.2 Å². The van der Waals surface area contributed by atoms with Gasteiger partial charge in [-0.2, -0.15) is 4.98 Å². The summed E-state index contributed by atoms with van der Waals surface area (Å²) in [7, 11) is 0. The van der Waals surface area contributed by atoms with Crippen LogP contribution in [0.15, 0.2) is 28.9 Å². The molecule has 6 heteroatoms. The fraction of sp³-hybridized carbons (Fsp3) is 0.467. The molecule has 1 aliphatic carbocycles. The summed E-state index contributed by atoms with van der Waals surface area (Å²) in [5.74, 6) is 0.894. The molecule has 0 radical (unpaired) electrons. The number of amides is 1. The fourth-order valence-corrected chi connectivity index (χ4v) is 2.83. The van der Waals surface area contributed by atoms with Gasteiger partial charge >= 0.3 is 0 Å². The molecule has 2 aromatic rings. The van der Waals surface area contributed by atoms with E-state index in [4.69, 9.17) is 4.52 Å². The number of hydrogen-bond donors (Lipinski definition) is 1. The monoisotopic (exact) mass is 286 g/mol. The molecular formula is C15H18N4O2. The number of aryl methyl sites for hydroxylation is 1. The molecule has 0 aromatic carbocycles. The number of pyridine rings is 1. The Hall–Kier alpha value is -2.24. The standard InChI is InChI=1S/C15H18N4O2/c1-11-17-14(19-21-11)15(8-4-2-5-9-15)18-13(20)12-7-3-6-10-16-12/h3,6-7,10H,2,4-5,8-9H2,1H3,(H,18,20). The zero-order valence-corrected chi connectivity index (χ0v) is 12.0. The van der Waals surface area contributed by atoms with Gasteiger partial charge in [0.25, 0.3) is 5.91 Å². The molecule has 0 atom stereocenters. The van der Waals surface area contributed by atoms with Crippen molar-refractivity contribution in [3.63, 3.8) is 0 Å². The second-order valence-corrected chi connectivity index (χ2v) is 5.45. The first kappa shape index (κ1) is 13.7. The number of hydrogen-bond acceptors (Lipinski definition) is 5. The molecule has 0 spiro atoms. The quantitative estimate of drug-likeness (QED) is 0.936. The van der Waals surface area contributed by atoms with Crippen LogP contribution in [0.4, 0.5) is 0 Å². The second kappa shape index (κ2) is 5.63. The average molecular weight is 286 g/mol. The maximum atomic E-state index is 12.4. The van der Waals surface area contributed by atoms with Crippen LogP contribution < -0.4 is 5.32 Å². The van der Waals surface area contributed by atoms with Crippen LogP contribution in [0.2, 0.25) is 0 Å². The van der Waals surface area contributed by atoms with Crippen molar-refractivity contribution in [2.45, 2.75) is 44.6 Å². The molecule has 1 saturated carbocycles. The molecule has 3 rings (SSSR count). The molecule has 0 saturated heterocycles. The predicted octanol–water partition coefficient (Wildman–Crippen LogP) is 2.36. The van der Waals surface area contributed by atoms with Crippen molar-refractivity contribution in [2.75, 3.05) is 0 Å². The van der Waals surface area contributed by atoms with Crippen molar-refractivity contribution in [3.8, 4) is 0 Å². The number of rotatable bonds is 3. The Labute approximate surface area is 123 Å². The SMILES string of the molecule is Cc1nc(C2(NC(=O)c3ccccn3)CCCCC2)no1. The van der Waals surface area contributed by atoms with Gasteiger partial charge in [-0.1, -0.05) is 30.5 Å². The maximum absolute atomic E-state index is 12.4. The highest BCUT2D eigenvalue weighted by Gasteiger charge is 2.39. The lowest BCUT2D eigenvalue weighted by Gasteiger charge is -2.35. The topological polar surface area (TPSA) is 80.9 Å². The minimum atomic E-state index is -0.537. The van der Waals surface area contributed by atoms with E-state index in [0.717, 1.165) is 32.1 Å². The normalized spacial score (nSPS) is 17.4. The van der Waals surface area contributed by atoms with E-state index >= 15 is 0 Å². The zero-order valence-electron chi connectivity index (χ0n) is 12.0. The molecule has 0 bridgehead atoms. The summed E-state index contributed by atoms with van der Waals surface area (Å²) < 4.78 is 5.10. The number of nitrogens with one attached hydrogen (secondary N) is 1. The molecule has 1 fully saturated rings. The maximum Gasteiger partial charge on any atom is 0.270 e. The van der Waals surface area contributed by atoms with Crippen molar-refractivity contribution >= 4 is 5.91 Å². The Kier molecular flexibility index (Phi) is 3.68. The van der Waals surface area contributed by atoms with E-state index in [1.54, 1.807) is 31.3 Å². The van der Waals surface area contributed by atoms with Gasteiger partial charge in [0.2, 0.25) is 5.89 Å². The lowest BCUT2D eigenvalue weighted by molar-refractivity contribution is 0.0850. The van der Waals surface area contributed by atoms with Gasteiger partial charge in [-0.3, -0.25) is 9.78 Å². The number of aromatic nitrogens is 3. The third-order valence-electron chi connectivity index (χ3n) is 3.91. The molecule has 1 N–H and O–H groups in total. The molecule has 6 nitrogen and oxygen atoms in total. The molecule has 2 aromatic heterocycles. The molecule has 1 amide bonds. The van der Waals surface area contributed by atoms with E-state index in [9.17, 15) is 4.79 Å². The van der Waals surface area contributed by atoms with Gasteiger partial charge < -0.3 is 9.84 Å². The highest BCUT2D eigenvalue weighted by molar-refractivity contribution is 5.92. The molecular weight excluding hydrogens is 268 g/mol. The van der Waals surface area contributed by atoms with Crippen LogP contribution in [-0.4, -0.2) is 21.0 Å². The average Bonchev–Trinajstić information content (AvgIpc) is 2.96. The van der Waals surface area contributed by atoms with E-state index in [2.05, 4.69) is 20.4 Å². The van der Waals surface area contributed by atoms with Gasteiger partial charge in [0.15, 0.2) is 5.82 Å². The Morgan fingerprint density at radius 2 is 2.10 bits per heavy atom. The molecule has 0 unspecified atom stereocenters. The number of carbonyl (C=O) groups excluding carboxylic acids is 1. The molecule has 2 heterocycles. The van der Waals surface area contributed by atoms with Crippen molar-refractivity contribution in [1.29, 1.82) is 0 Å². The van der Waals surface area contributed by atoms with Crippen LogP contribution in [-0.2, 0) is 5.54 Å². The highest BCUT2D eigenvalue weighted by atomic mass is 16.5. The summed E-state index contributed by atoms with van der Waals surface area (Å²) in [6.07, 6.45) is 6.50. The summed E-state index contributed by atoms with van der Waals surface area (Å²) in [5.41, 5.74) is -0.132. The lowest BCUT2D eigenvalue weighted by atomic mass is 9.81. The first-order valence-corrected chi connectivity index (χ1v) is 7.24. The first-order valence-electron chi connectivity index (χ1n) is 7.24. The van der Waals surface area contributed by atoms with Gasteiger partial charge in [-0.05, 0) is 25.0 Å². The minimum Gasteiger partial charge on any atom is -0.340 e. The largest absolute Gasteiger partial charge is 0.340 e. The summed E-state index contributed by atoms with van der Waals surface area (Å²) in [6, 6.07) is 5.29. The number of carbonyl (C=O) groups is 1. The Balaban J connectivity index is 1.88. The molecule has 21 heavy (non-hydrogen) atoms. The summed E-state index contributed by atoms with van der Waals surface area (Å²) in [5, 5.41) is 7.13. The van der Waals surface area contributed by atoms with E-state index in [1.807, 2.05) is 0 Å². The van der Waals surface area contributed by atoms with Gasteiger partial charge in [0.05, 0.1) is 0 Å². The smallest absolute Gasteiger partial charge is 0.270 e. The second-order valence-electron chi connectivity index (χ2n) is 5.45. The minimum absolute atomic E-state index is 0.194. The van der Waals surface area contributed by atoms with Crippen LogP contribution in [0, 0.1) is 6.92 Å². The third-order valence-corrected chi connectivity index (χ3v) is 3.91. The van der Waals surface area contributed by atoms with Crippen LogP contribution in [0.25, 0.3) is 0 Å². The number of nitrogens with zero attached hydrogens (tertiary/aromatic N) is 3. The molecule has 110 valence electrons. The van der Waals surface area contributed by atoms with Crippen molar-refractivity contribution in [3.05, 3.63) is 41.8 Å². The van der Waals surface area contributed by atoms with E-state index in [0.29, 0.717) is 17.4 Å². The van der Waals surface area contributed by atoms with E-state index < -0.39 is 5.54 Å². The van der Waals surface area contributed by atoms with Crippen molar-refractivity contribution in [1.82, 2.24) is 20.4 Å². The Morgan fingerprint density at radius 3 is 2.71 bits per heavy atom. The van der Waals surface area contributed by atoms with E-state index in [-0.39, 0.29) is 5.91 Å². The summed E-state index contributed by atoms with van der Waals surface area (Å²) >= 11 is 0. The fourth-order valence-electron chi connectivity index (χ4n) is 2.83. The van der Waals surface area contributed by atoms with E-state index in [1.165, 1.54) is 0 Å². The van der Waals surface area contributed by atoms with Gasteiger partial charge in [0, 0.05) is 13.1 Å². The van der Waals surface area contributed by atoms with Crippen LogP contribution in [0.3, 0.4) is 0 Å².